The Kier molecular flexibility index (Phi) is 2.83. The number of anilines is 1. The lowest BCUT2D eigenvalue weighted by atomic mass is 10.1. The van der Waals surface area contributed by atoms with Gasteiger partial charge in [-0.05, 0) is 24.1 Å². The molecule has 1 N–H and O–H groups in total. The predicted molar refractivity (Wildman–Crippen MR) is 71.6 cm³/mol. The van der Waals surface area contributed by atoms with Gasteiger partial charge in [0.25, 0.3) is 0 Å². The highest BCUT2D eigenvalue weighted by atomic mass is 32.2. The molecule has 0 aliphatic carbocycles. The molecule has 0 radical (unpaired) electrons. The lowest BCUT2D eigenvalue weighted by Gasteiger charge is -2.06. The van der Waals surface area contributed by atoms with E-state index in [0.717, 1.165) is 16.3 Å². The number of hydrogen-bond acceptors (Lipinski definition) is 5. The molecule has 0 atom stereocenters. The number of benzene rings is 1. The molecule has 0 saturated heterocycles. The molecule has 0 bridgehead atoms. The van der Waals surface area contributed by atoms with Crippen molar-refractivity contribution in [3.8, 4) is 0 Å². The van der Waals surface area contributed by atoms with Crippen LogP contribution < -0.4 is 5.32 Å². The molecule has 2 heterocycles. The highest BCUT2D eigenvalue weighted by molar-refractivity contribution is 7.91. The zero-order valence-electron chi connectivity index (χ0n) is 9.59. The number of nitrogens with zero attached hydrogens (tertiary/aromatic N) is 1. The fourth-order valence-electron chi connectivity index (χ4n) is 2.03. The number of sulfone groups is 1. The van der Waals surface area contributed by atoms with Gasteiger partial charge in [-0.15, -0.1) is 11.3 Å². The second-order valence-corrected chi connectivity index (χ2v) is 7.23. The average Bonchev–Trinajstić information content (AvgIpc) is 2.96. The van der Waals surface area contributed by atoms with Crippen molar-refractivity contribution in [3.05, 3.63) is 40.3 Å². The van der Waals surface area contributed by atoms with Crippen LogP contribution in [0.4, 0.5) is 5.69 Å². The van der Waals surface area contributed by atoms with Crippen molar-refractivity contribution in [3.63, 3.8) is 0 Å². The Morgan fingerprint density at radius 2 is 2.28 bits per heavy atom. The Labute approximate surface area is 110 Å². The van der Waals surface area contributed by atoms with E-state index in [1.165, 1.54) is 0 Å². The maximum Gasteiger partial charge on any atom is 0.179 e. The van der Waals surface area contributed by atoms with Gasteiger partial charge < -0.3 is 5.32 Å². The second kappa shape index (κ2) is 4.37. The number of hydrogen-bond donors (Lipinski definition) is 1. The van der Waals surface area contributed by atoms with Crippen molar-refractivity contribution in [2.45, 2.75) is 17.9 Å². The van der Waals surface area contributed by atoms with Crippen LogP contribution in [0.3, 0.4) is 0 Å². The first-order chi connectivity index (χ1) is 8.65. The van der Waals surface area contributed by atoms with Crippen LogP contribution >= 0.6 is 11.3 Å². The van der Waals surface area contributed by atoms with E-state index in [0.29, 0.717) is 17.9 Å². The van der Waals surface area contributed by atoms with Gasteiger partial charge in [-0.25, -0.2) is 13.4 Å². The largest absolute Gasteiger partial charge is 0.378 e. The predicted octanol–water partition coefficient (Wildman–Crippen LogP) is 2.08. The van der Waals surface area contributed by atoms with Gasteiger partial charge in [-0.3, -0.25) is 0 Å². The van der Waals surface area contributed by atoms with Crippen molar-refractivity contribution in [2.24, 2.45) is 0 Å². The molecule has 0 saturated carbocycles. The molecule has 1 aliphatic rings. The molecule has 0 fully saturated rings. The molecule has 0 amide bonds. The number of thiazole rings is 1. The maximum absolute atomic E-state index is 11.8. The van der Waals surface area contributed by atoms with Gasteiger partial charge in [-0.2, -0.15) is 0 Å². The van der Waals surface area contributed by atoms with Crippen molar-refractivity contribution in [1.29, 1.82) is 0 Å². The van der Waals surface area contributed by atoms with E-state index in [1.807, 2.05) is 17.5 Å². The van der Waals surface area contributed by atoms with Crippen molar-refractivity contribution in [2.75, 3.05) is 11.1 Å². The van der Waals surface area contributed by atoms with Gasteiger partial charge in [0.15, 0.2) is 9.84 Å². The summed E-state index contributed by atoms with van der Waals surface area (Å²) in [5.41, 5.74) is 1.75. The zero-order chi connectivity index (χ0) is 12.6. The fraction of sp³-hybridized carbons (Fsp3) is 0.250. The number of rotatable bonds is 3. The van der Waals surface area contributed by atoms with Crippen LogP contribution in [-0.4, -0.2) is 19.2 Å². The molecule has 1 aliphatic heterocycles. The van der Waals surface area contributed by atoms with E-state index < -0.39 is 9.84 Å². The summed E-state index contributed by atoms with van der Waals surface area (Å²) >= 11 is 1.58. The normalized spacial score (nSPS) is 16.4. The summed E-state index contributed by atoms with van der Waals surface area (Å²) in [7, 11) is -3.05. The van der Waals surface area contributed by atoms with Crippen molar-refractivity contribution < 1.29 is 8.42 Å². The molecule has 2 aromatic rings. The minimum atomic E-state index is -3.05. The lowest BCUT2D eigenvalue weighted by Crippen LogP contribution is -2.02. The van der Waals surface area contributed by atoms with Gasteiger partial charge in [0.2, 0.25) is 0 Å². The quantitative estimate of drug-likeness (QED) is 0.935. The molecule has 0 unspecified atom stereocenters. The van der Waals surface area contributed by atoms with Gasteiger partial charge >= 0.3 is 0 Å². The van der Waals surface area contributed by atoms with Crippen molar-refractivity contribution in [1.82, 2.24) is 4.98 Å². The summed E-state index contributed by atoms with van der Waals surface area (Å²) in [4.78, 5) is 4.65. The highest BCUT2D eigenvalue weighted by Crippen LogP contribution is 2.28. The Balaban J connectivity index is 1.83. The summed E-state index contributed by atoms with van der Waals surface area (Å²) in [5, 5.41) is 6.10. The Bertz CT molecular complexity index is 663. The first-order valence-electron chi connectivity index (χ1n) is 5.63. The monoisotopic (exact) mass is 280 g/mol. The minimum absolute atomic E-state index is 0.234. The smallest absolute Gasteiger partial charge is 0.179 e. The Morgan fingerprint density at radius 3 is 3.06 bits per heavy atom. The lowest BCUT2D eigenvalue weighted by molar-refractivity contribution is 0.600. The highest BCUT2D eigenvalue weighted by Gasteiger charge is 2.25. The maximum atomic E-state index is 11.8. The molecule has 3 rings (SSSR count). The second-order valence-electron chi connectivity index (χ2n) is 4.17. The average molecular weight is 280 g/mol. The van der Waals surface area contributed by atoms with Gasteiger partial charge in [0.05, 0.1) is 17.2 Å². The van der Waals surface area contributed by atoms with E-state index in [4.69, 9.17) is 0 Å². The number of aryl methyl sites for hydroxylation is 1. The molecule has 1 aromatic heterocycles. The topological polar surface area (TPSA) is 59.1 Å². The van der Waals surface area contributed by atoms with Crippen molar-refractivity contribution >= 4 is 26.9 Å². The van der Waals surface area contributed by atoms with E-state index in [-0.39, 0.29) is 5.75 Å². The molecule has 0 spiro atoms. The van der Waals surface area contributed by atoms with Crippen LogP contribution in [0.25, 0.3) is 0 Å². The summed E-state index contributed by atoms with van der Waals surface area (Å²) < 4.78 is 23.6. The van der Waals surface area contributed by atoms with Crippen LogP contribution in [0.5, 0.6) is 0 Å². The third-order valence-electron chi connectivity index (χ3n) is 2.97. The van der Waals surface area contributed by atoms with E-state index in [2.05, 4.69) is 10.3 Å². The molecule has 94 valence electrons. The summed E-state index contributed by atoms with van der Waals surface area (Å²) in [6.07, 6.45) is 2.39. The first kappa shape index (κ1) is 11.7. The molecular weight excluding hydrogens is 268 g/mol. The van der Waals surface area contributed by atoms with Gasteiger partial charge in [0, 0.05) is 17.3 Å². The van der Waals surface area contributed by atoms with Crippen LogP contribution in [-0.2, 0) is 22.8 Å². The van der Waals surface area contributed by atoms with E-state index >= 15 is 0 Å². The number of aromatic nitrogens is 1. The minimum Gasteiger partial charge on any atom is -0.378 e. The Morgan fingerprint density at radius 1 is 1.39 bits per heavy atom. The van der Waals surface area contributed by atoms with Gasteiger partial charge in [0.1, 0.15) is 5.01 Å². The van der Waals surface area contributed by atoms with Crippen LogP contribution in [0.15, 0.2) is 34.7 Å². The molecule has 6 heteroatoms. The summed E-state index contributed by atoms with van der Waals surface area (Å²) in [6, 6.07) is 5.54. The standard InChI is InChI=1S/C12H12N2O2S2/c15-18(16)6-3-9-1-2-10(7-11(9)18)14-8-12-13-4-5-17-12/h1-2,4-5,7,14H,3,6,8H2. The van der Waals surface area contributed by atoms with E-state index in [1.54, 1.807) is 23.6 Å². The fourth-order valence-corrected chi connectivity index (χ4v) is 4.17. The number of nitrogens with one attached hydrogen (secondary N) is 1. The van der Waals surface area contributed by atoms with E-state index in [9.17, 15) is 8.42 Å². The first-order valence-corrected chi connectivity index (χ1v) is 8.16. The van der Waals surface area contributed by atoms with Crippen LogP contribution in [0.2, 0.25) is 0 Å². The molecule has 4 nitrogen and oxygen atoms in total. The summed E-state index contributed by atoms with van der Waals surface area (Å²) in [5.74, 6) is 0.234. The Hall–Kier alpha value is -1.40. The number of fused-ring (bicyclic) bond motifs is 1. The molecule has 18 heavy (non-hydrogen) atoms. The molecular formula is C12H12N2O2S2. The zero-order valence-corrected chi connectivity index (χ0v) is 11.2. The van der Waals surface area contributed by atoms with Crippen LogP contribution in [0, 0.1) is 0 Å². The third kappa shape index (κ3) is 2.13. The SMILES string of the molecule is O=S1(=O)CCc2ccc(NCc3nccs3)cc21. The van der Waals surface area contributed by atoms with Crippen LogP contribution in [0.1, 0.15) is 10.6 Å². The third-order valence-corrected chi connectivity index (χ3v) is 5.54. The molecule has 1 aromatic carbocycles. The van der Waals surface area contributed by atoms with Gasteiger partial charge in [-0.1, -0.05) is 6.07 Å². The summed E-state index contributed by atoms with van der Waals surface area (Å²) in [6.45, 7) is 0.622.